The molecule has 2 atom stereocenters. The molecule has 0 unspecified atom stereocenters. The minimum atomic E-state index is -0.243. The monoisotopic (exact) mass is 381 g/mol. The van der Waals surface area contributed by atoms with Crippen LogP contribution in [0.4, 0.5) is 4.39 Å². The van der Waals surface area contributed by atoms with Gasteiger partial charge in [0.2, 0.25) is 0 Å². The summed E-state index contributed by atoms with van der Waals surface area (Å²) in [5.41, 5.74) is 2.69. The van der Waals surface area contributed by atoms with Gasteiger partial charge in [0.05, 0.1) is 21.3 Å². The fourth-order valence-corrected chi connectivity index (χ4v) is 2.95. The highest BCUT2D eigenvalue weighted by Gasteiger charge is 2.19. The van der Waals surface area contributed by atoms with E-state index in [1.54, 1.807) is 24.3 Å². The van der Waals surface area contributed by atoms with E-state index >= 15 is 0 Å². The Labute approximate surface area is 128 Å². The van der Waals surface area contributed by atoms with E-state index in [0.717, 1.165) is 11.1 Å². The van der Waals surface area contributed by atoms with E-state index in [2.05, 4.69) is 37.9 Å². The first kappa shape index (κ1) is 14.2. The summed E-state index contributed by atoms with van der Waals surface area (Å²) in [5, 5.41) is 8.77. The molecule has 4 heteroatoms. The van der Waals surface area contributed by atoms with Crippen LogP contribution in [-0.2, 0) is 0 Å². The highest BCUT2D eigenvalue weighted by Crippen LogP contribution is 2.42. The molecule has 0 fully saturated rings. The van der Waals surface area contributed by atoms with Gasteiger partial charge in [-0.1, -0.05) is 56.1 Å². The van der Waals surface area contributed by atoms with Crippen LogP contribution in [0, 0.1) is 17.1 Å². The molecule has 0 heterocycles. The van der Waals surface area contributed by atoms with Crippen LogP contribution >= 0.6 is 31.9 Å². The Kier molecular flexibility index (Phi) is 4.73. The number of halogens is 3. The SMILES string of the molecule is N#Cc1ccc([C@@H](Br)[C@H](Br)c2ccc(F)cc2)cc1. The zero-order valence-corrected chi connectivity index (χ0v) is 13.0. The number of rotatable bonds is 3. The third-order valence-corrected chi connectivity index (χ3v) is 5.63. The summed E-state index contributed by atoms with van der Waals surface area (Å²) in [6.45, 7) is 0. The van der Waals surface area contributed by atoms with Crippen LogP contribution in [0.1, 0.15) is 26.3 Å². The molecule has 0 aliphatic rings. The fraction of sp³-hybridized carbons (Fsp3) is 0.133. The molecule has 2 rings (SSSR count). The van der Waals surface area contributed by atoms with Gasteiger partial charge in [-0.25, -0.2) is 4.39 Å². The first-order valence-electron chi connectivity index (χ1n) is 5.65. The maximum atomic E-state index is 12.9. The second-order valence-corrected chi connectivity index (χ2v) is 6.06. The van der Waals surface area contributed by atoms with Gasteiger partial charge in [0, 0.05) is 0 Å². The molecule has 0 saturated heterocycles. The van der Waals surface area contributed by atoms with Crippen LogP contribution in [0.25, 0.3) is 0 Å². The van der Waals surface area contributed by atoms with Crippen molar-refractivity contribution in [2.45, 2.75) is 9.65 Å². The van der Waals surface area contributed by atoms with Crippen LogP contribution < -0.4 is 0 Å². The second-order valence-electron chi connectivity index (χ2n) is 4.09. The predicted octanol–water partition coefficient (Wildman–Crippen LogP) is 5.27. The number of alkyl halides is 2. The number of hydrogen-bond acceptors (Lipinski definition) is 1. The number of nitrogens with zero attached hydrogens (tertiary/aromatic N) is 1. The van der Waals surface area contributed by atoms with Gasteiger partial charge < -0.3 is 0 Å². The van der Waals surface area contributed by atoms with E-state index in [1.165, 1.54) is 12.1 Å². The van der Waals surface area contributed by atoms with E-state index in [9.17, 15) is 4.39 Å². The maximum Gasteiger partial charge on any atom is 0.123 e. The average Bonchev–Trinajstić information content (AvgIpc) is 2.46. The van der Waals surface area contributed by atoms with Gasteiger partial charge in [-0.15, -0.1) is 0 Å². The van der Waals surface area contributed by atoms with Crippen molar-refractivity contribution in [1.29, 1.82) is 5.26 Å². The van der Waals surface area contributed by atoms with Crippen LogP contribution in [0.2, 0.25) is 0 Å². The van der Waals surface area contributed by atoms with E-state index in [4.69, 9.17) is 5.26 Å². The highest BCUT2D eigenvalue weighted by atomic mass is 79.9. The van der Waals surface area contributed by atoms with E-state index in [0.29, 0.717) is 5.56 Å². The molecule has 0 aliphatic carbocycles. The lowest BCUT2D eigenvalue weighted by Gasteiger charge is -2.17. The van der Waals surface area contributed by atoms with E-state index < -0.39 is 0 Å². The van der Waals surface area contributed by atoms with Crippen LogP contribution in [0.3, 0.4) is 0 Å². The second kappa shape index (κ2) is 6.31. The van der Waals surface area contributed by atoms with Crippen molar-refractivity contribution in [2.75, 3.05) is 0 Å². The lowest BCUT2D eigenvalue weighted by molar-refractivity contribution is 0.627. The number of hydrogen-bond donors (Lipinski definition) is 0. The molecule has 0 amide bonds. The number of benzene rings is 2. The molecular weight excluding hydrogens is 373 g/mol. The van der Waals surface area contributed by atoms with Crippen molar-refractivity contribution in [3.63, 3.8) is 0 Å². The first-order chi connectivity index (χ1) is 9.11. The smallest absolute Gasteiger partial charge is 0.123 e. The molecule has 0 spiro atoms. The summed E-state index contributed by atoms with van der Waals surface area (Å²) in [6, 6.07) is 15.9. The summed E-state index contributed by atoms with van der Waals surface area (Å²) < 4.78 is 12.9. The van der Waals surface area contributed by atoms with Crippen molar-refractivity contribution < 1.29 is 4.39 Å². The van der Waals surface area contributed by atoms with Crippen molar-refractivity contribution >= 4 is 31.9 Å². The summed E-state index contributed by atoms with van der Waals surface area (Å²) >= 11 is 7.24. The molecule has 2 aromatic rings. The van der Waals surface area contributed by atoms with Crippen molar-refractivity contribution in [2.24, 2.45) is 0 Å². The lowest BCUT2D eigenvalue weighted by atomic mass is 10.0. The summed E-state index contributed by atoms with van der Waals surface area (Å²) in [6.07, 6.45) is 0. The van der Waals surface area contributed by atoms with Crippen molar-refractivity contribution in [3.8, 4) is 6.07 Å². The van der Waals surface area contributed by atoms with E-state index in [-0.39, 0.29) is 15.5 Å². The van der Waals surface area contributed by atoms with Gasteiger partial charge >= 0.3 is 0 Å². The number of nitriles is 1. The minimum absolute atomic E-state index is 0.0287. The minimum Gasteiger partial charge on any atom is -0.207 e. The lowest BCUT2D eigenvalue weighted by Crippen LogP contribution is -1.99. The average molecular weight is 383 g/mol. The Morgan fingerprint density at radius 2 is 1.26 bits per heavy atom. The Balaban J connectivity index is 2.20. The first-order valence-corrected chi connectivity index (χ1v) is 7.48. The molecular formula is C15H10Br2FN. The Morgan fingerprint density at radius 1 is 0.842 bits per heavy atom. The highest BCUT2D eigenvalue weighted by molar-refractivity contribution is 9.12. The molecule has 0 aliphatic heterocycles. The molecule has 0 aromatic heterocycles. The van der Waals surface area contributed by atoms with Gasteiger partial charge in [-0.05, 0) is 35.4 Å². The molecule has 19 heavy (non-hydrogen) atoms. The standard InChI is InChI=1S/C15H10Br2FN/c16-14(11-3-1-10(9-19)2-4-11)15(17)12-5-7-13(18)8-6-12/h1-8,14-15H/t14-,15-/m1/s1. The molecule has 0 radical (unpaired) electrons. The predicted molar refractivity (Wildman–Crippen MR) is 80.9 cm³/mol. The van der Waals surface area contributed by atoms with Gasteiger partial charge in [0.1, 0.15) is 5.82 Å². The van der Waals surface area contributed by atoms with Gasteiger partial charge in [-0.2, -0.15) is 5.26 Å². The quantitative estimate of drug-likeness (QED) is 0.663. The topological polar surface area (TPSA) is 23.8 Å². The Bertz CT molecular complexity index is 587. The fourth-order valence-electron chi connectivity index (χ4n) is 1.73. The summed E-state index contributed by atoms with van der Waals surface area (Å²) in [5.74, 6) is -0.243. The molecule has 0 saturated carbocycles. The third-order valence-electron chi connectivity index (χ3n) is 2.80. The zero-order chi connectivity index (χ0) is 13.8. The summed E-state index contributed by atoms with van der Waals surface area (Å²) in [4.78, 5) is 0.0757. The molecule has 96 valence electrons. The molecule has 2 aromatic carbocycles. The van der Waals surface area contributed by atoms with Crippen molar-refractivity contribution in [1.82, 2.24) is 0 Å². The normalized spacial score (nSPS) is 13.6. The summed E-state index contributed by atoms with van der Waals surface area (Å²) in [7, 11) is 0. The van der Waals surface area contributed by atoms with Crippen molar-refractivity contribution in [3.05, 3.63) is 71.0 Å². The molecule has 1 nitrogen and oxygen atoms in total. The zero-order valence-electron chi connectivity index (χ0n) is 9.85. The Morgan fingerprint density at radius 3 is 1.68 bits per heavy atom. The van der Waals surface area contributed by atoms with Gasteiger partial charge in [0.25, 0.3) is 0 Å². The van der Waals surface area contributed by atoms with Gasteiger partial charge in [-0.3, -0.25) is 0 Å². The molecule has 0 N–H and O–H groups in total. The molecule has 0 bridgehead atoms. The maximum absolute atomic E-state index is 12.9. The Hall–Kier alpha value is -1.18. The van der Waals surface area contributed by atoms with Crippen LogP contribution in [0.15, 0.2) is 48.5 Å². The largest absolute Gasteiger partial charge is 0.207 e. The third kappa shape index (κ3) is 3.43. The van der Waals surface area contributed by atoms with Gasteiger partial charge in [0.15, 0.2) is 0 Å². The van der Waals surface area contributed by atoms with Crippen LogP contribution in [0.5, 0.6) is 0 Å². The van der Waals surface area contributed by atoms with E-state index in [1.807, 2.05) is 12.1 Å². The van der Waals surface area contributed by atoms with Crippen LogP contribution in [-0.4, -0.2) is 0 Å².